The Morgan fingerprint density at radius 1 is 1.20 bits per heavy atom. The number of aryl methyl sites for hydroxylation is 3. The fourth-order valence-corrected chi connectivity index (χ4v) is 4.86. The van der Waals surface area contributed by atoms with Gasteiger partial charge in [0.15, 0.2) is 11.0 Å². The van der Waals surface area contributed by atoms with Crippen LogP contribution in [0.25, 0.3) is 11.4 Å². The molecule has 7 heteroatoms. The fraction of sp³-hybridized carbons (Fsp3) is 0.348. The second-order valence-corrected chi connectivity index (χ2v) is 8.79. The lowest BCUT2D eigenvalue weighted by molar-refractivity contribution is -0.113. The molecule has 0 fully saturated rings. The molecule has 3 rings (SSSR count). The van der Waals surface area contributed by atoms with E-state index in [0.717, 1.165) is 52.6 Å². The largest absolute Gasteiger partial charge is 0.325 e. The molecule has 30 heavy (non-hydrogen) atoms. The summed E-state index contributed by atoms with van der Waals surface area (Å²) in [4.78, 5) is 14.0. The SMILES string of the molecule is C=CCn1c(SCC(=O)Nc2c(CC)cccc2CC)nnc1-c1csc(CC)c1. The standard InChI is InChI=1S/C23H28N4OS2/c1-5-12-27-22(18-13-19(8-4)29-14-18)25-26-23(27)30-15-20(28)24-21-16(6-2)10-9-11-17(21)7-3/h5,9-11,13-14H,1,6-8,12,15H2,2-4H3,(H,24,28). The van der Waals surface area contributed by atoms with E-state index in [0.29, 0.717) is 6.54 Å². The molecule has 0 saturated heterocycles. The minimum absolute atomic E-state index is 0.0332. The molecule has 0 aliphatic carbocycles. The lowest BCUT2D eigenvalue weighted by atomic mass is 10.0. The van der Waals surface area contributed by atoms with Crippen LogP contribution in [-0.2, 0) is 30.6 Å². The van der Waals surface area contributed by atoms with Crippen molar-refractivity contribution < 1.29 is 4.79 Å². The summed E-state index contributed by atoms with van der Waals surface area (Å²) in [5.41, 5.74) is 4.33. The van der Waals surface area contributed by atoms with Gasteiger partial charge in [-0.25, -0.2) is 0 Å². The number of hydrogen-bond acceptors (Lipinski definition) is 5. The summed E-state index contributed by atoms with van der Waals surface area (Å²) in [5, 5.41) is 14.7. The molecule has 0 bridgehead atoms. The van der Waals surface area contributed by atoms with Crippen molar-refractivity contribution in [1.29, 1.82) is 0 Å². The maximum absolute atomic E-state index is 12.7. The first-order valence-corrected chi connectivity index (χ1v) is 12.1. The predicted octanol–water partition coefficient (Wildman–Crippen LogP) is 5.61. The van der Waals surface area contributed by atoms with Gasteiger partial charge in [0.1, 0.15) is 0 Å². The molecular formula is C23H28N4OS2. The summed E-state index contributed by atoms with van der Waals surface area (Å²) in [6, 6.07) is 8.35. The summed E-state index contributed by atoms with van der Waals surface area (Å²) < 4.78 is 2.02. The number of nitrogens with zero attached hydrogens (tertiary/aromatic N) is 3. The second kappa shape index (κ2) is 10.6. The van der Waals surface area contributed by atoms with Crippen molar-refractivity contribution in [1.82, 2.24) is 14.8 Å². The second-order valence-electron chi connectivity index (χ2n) is 6.86. The highest BCUT2D eigenvalue weighted by Gasteiger charge is 2.17. The van der Waals surface area contributed by atoms with Gasteiger partial charge < -0.3 is 5.32 Å². The van der Waals surface area contributed by atoms with Gasteiger partial charge in [-0.2, -0.15) is 0 Å². The van der Waals surface area contributed by atoms with Gasteiger partial charge in [-0.1, -0.05) is 56.8 Å². The summed E-state index contributed by atoms with van der Waals surface area (Å²) in [6.45, 7) is 10.8. The molecule has 1 N–H and O–H groups in total. The number of allylic oxidation sites excluding steroid dienone is 1. The molecule has 0 saturated carbocycles. The number of thioether (sulfide) groups is 1. The number of nitrogens with one attached hydrogen (secondary N) is 1. The molecule has 3 aromatic rings. The quantitative estimate of drug-likeness (QED) is 0.329. The Morgan fingerprint density at radius 2 is 1.93 bits per heavy atom. The van der Waals surface area contributed by atoms with E-state index in [4.69, 9.17) is 0 Å². The summed E-state index contributed by atoms with van der Waals surface area (Å²) in [7, 11) is 0. The monoisotopic (exact) mass is 440 g/mol. The van der Waals surface area contributed by atoms with E-state index in [9.17, 15) is 4.79 Å². The maximum atomic E-state index is 12.7. The van der Waals surface area contributed by atoms with Crippen molar-refractivity contribution in [2.45, 2.75) is 51.7 Å². The average Bonchev–Trinajstić information content (AvgIpc) is 3.39. The number of carbonyl (C=O) groups is 1. The van der Waals surface area contributed by atoms with Crippen molar-refractivity contribution in [2.24, 2.45) is 0 Å². The zero-order chi connectivity index (χ0) is 21.5. The Hall–Kier alpha value is -2.38. The predicted molar refractivity (Wildman–Crippen MR) is 127 cm³/mol. The van der Waals surface area contributed by atoms with Gasteiger partial charge in [-0.3, -0.25) is 9.36 Å². The van der Waals surface area contributed by atoms with Crippen LogP contribution in [0.2, 0.25) is 0 Å². The highest BCUT2D eigenvalue weighted by molar-refractivity contribution is 7.99. The summed E-state index contributed by atoms with van der Waals surface area (Å²) in [5.74, 6) is 1.06. The van der Waals surface area contributed by atoms with E-state index >= 15 is 0 Å². The van der Waals surface area contributed by atoms with Crippen LogP contribution >= 0.6 is 23.1 Å². The number of amides is 1. The van der Waals surface area contributed by atoms with E-state index in [1.165, 1.54) is 16.6 Å². The molecule has 1 amide bonds. The molecule has 0 aliphatic rings. The number of thiophene rings is 1. The normalized spacial score (nSPS) is 10.9. The van der Waals surface area contributed by atoms with Crippen molar-refractivity contribution in [3.63, 3.8) is 0 Å². The third-order valence-electron chi connectivity index (χ3n) is 4.88. The molecule has 0 spiro atoms. The van der Waals surface area contributed by atoms with Gasteiger partial charge in [0.25, 0.3) is 0 Å². The van der Waals surface area contributed by atoms with Crippen LogP contribution in [0.5, 0.6) is 0 Å². The Kier molecular flexibility index (Phi) is 7.87. The summed E-state index contributed by atoms with van der Waals surface area (Å²) in [6.07, 6.45) is 4.60. The molecule has 158 valence electrons. The van der Waals surface area contributed by atoms with Crippen molar-refractivity contribution in [2.75, 3.05) is 11.1 Å². The molecule has 0 aliphatic heterocycles. The third kappa shape index (κ3) is 5.02. The van der Waals surface area contributed by atoms with Crippen molar-refractivity contribution in [3.8, 4) is 11.4 Å². The molecule has 1 aromatic carbocycles. The number of aromatic nitrogens is 3. The zero-order valence-electron chi connectivity index (χ0n) is 17.8. The van der Waals surface area contributed by atoms with Gasteiger partial charge in [0, 0.05) is 28.1 Å². The third-order valence-corrected chi connectivity index (χ3v) is 6.93. The van der Waals surface area contributed by atoms with Crippen LogP contribution in [-0.4, -0.2) is 26.4 Å². The van der Waals surface area contributed by atoms with Crippen molar-refractivity contribution >= 4 is 34.7 Å². The number of para-hydroxylation sites is 1. The van der Waals surface area contributed by atoms with Gasteiger partial charge in [-0.05, 0) is 36.5 Å². The van der Waals surface area contributed by atoms with E-state index < -0.39 is 0 Å². The first kappa shape index (κ1) is 22.3. The Bertz CT molecular complexity index is 1000. The topological polar surface area (TPSA) is 59.8 Å². The van der Waals surface area contributed by atoms with Crippen LogP contribution in [0.3, 0.4) is 0 Å². The van der Waals surface area contributed by atoms with Crippen LogP contribution in [0.15, 0.2) is 47.5 Å². The minimum atomic E-state index is -0.0332. The molecular weight excluding hydrogens is 412 g/mol. The van der Waals surface area contributed by atoms with E-state index in [1.54, 1.807) is 11.3 Å². The molecule has 0 atom stereocenters. The lowest BCUT2D eigenvalue weighted by Crippen LogP contribution is -2.17. The first-order valence-electron chi connectivity index (χ1n) is 10.3. The van der Waals surface area contributed by atoms with E-state index in [1.807, 2.05) is 10.6 Å². The lowest BCUT2D eigenvalue weighted by Gasteiger charge is -2.14. The van der Waals surface area contributed by atoms with Gasteiger partial charge >= 0.3 is 0 Å². The molecule has 2 aromatic heterocycles. The number of hydrogen-bond donors (Lipinski definition) is 1. The average molecular weight is 441 g/mol. The number of rotatable bonds is 10. The van der Waals surface area contributed by atoms with Gasteiger partial charge in [0.2, 0.25) is 5.91 Å². The Labute approximate surface area is 186 Å². The molecule has 0 radical (unpaired) electrons. The van der Waals surface area contributed by atoms with E-state index in [2.05, 4.69) is 72.5 Å². The number of carbonyl (C=O) groups excluding carboxylic acids is 1. The fourth-order valence-electron chi connectivity index (χ4n) is 3.29. The zero-order valence-corrected chi connectivity index (χ0v) is 19.4. The summed E-state index contributed by atoms with van der Waals surface area (Å²) >= 11 is 3.13. The molecule has 0 unspecified atom stereocenters. The van der Waals surface area contributed by atoms with E-state index in [-0.39, 0.29) is 11.7 Å². The number of benzene rings is 1. The van der Waals surface area contributed by atoms with Crippen LogP contribution in [0.4, 0.5) is 5.69 Å². The molecule has 5 nitrogen and oxygen atoms in total. The van der Waals surface area contributed by atoms with Crippen LogP contribution in [0, 0.1) is 0 Å². The smallest absolute Gasteiger partial charge is 0.234 e. The van der Waals surface area contributed by atoms with Crippen molar-refractivity contribution in [3.05, 3.63) is 58.3 Å². The Morgan fingerprint density at radius 3 is 2.53 bits per heavy atom. The van der Waals surface area contributed by atoms with Gasteiger partial charge in [0.05, 0.1) is 5.75 Å². The number of anilines is 1. The minimum Gasteiger partial charge on any atom is -0.325 e. The Balaban J connectivity index is 1.74. The van der Waals surface area contributed by atoms with Crippen LogP contribution < -0.4 is 5.32 Å². The molecule has 2 heterocycles. The van der Waals surface area contributed by atoms with Crippen LogP contribution in [0.1, 0.15) is 36.8 Å². The highest BCUT2D eigenvalue weighted by Crippen LogP contribution is 2.29. The first-order chi connectivity index (χ1) is 14.6. The highest BCUT2D eigenvalue weighted by atomic mass is 32.2. The maximum Gasteiger partial charge on any atom is 0.234 e. The van der Waals surface area contributed by atoms with Gasteiger partial charge in [-0.15, -0.1) is 28.1 Å².